The molecule has 0 aliphatic carbocycles. The van der Waals surface area contributed by atoms with Gasteiger partial charge in [0.15, 0.2) is 5.75 Å². The molecule has 2 aromatic rings. The van der Waals surface area contributed by atoms with Crippen molar-refractivity contribution in [2.45, 2.75) is 13.2 Å². The SMILES string of the molecule is OCCn1cc(OCc2ccccc2)cn1. The molecule has 4 nitrogen and oxygen atoms in total. The van der Waals surface area contributed by atoms with E-state index < -0.39 is 0 Å². The number of aliphatic hydroxyl groups is 1. The van der Waals surface area contributed by atoms with Crippen LogP contribution in [0.2, 0.25) is 0 Å². The maximum Gasteiger partial charge on any atom is 0.157 e. The molecule has 2 rings (SSSR count). The van der Waals surface area contributed by atoms with Gasteiger partial charge in [0.05, 0.1) is 25.5 Å². The number of hydrogen-bond acceptors (Lipinski definition) is 3. The van der Waals surface area contributed by atoms with Crippen molar-refractivity contribution in [2.24, 2.45) is 0 Å². The smallest absolute Gasteiger partial charge is 0.157 e. The number of ether oxygens (including phenoxy) is 1. The molecule has 0 unspecified atom stereocenters. The Balaban J connectivity index is 1.89. The molecule has 0 saturated carbocycles. The summed E-state index contributed by atoms with van der Waals surface area (Å²) in [4.78, 5) is 0. The molecule has 1 aromatic heterocycles. The lowest BCUT2D eigenvalue weighted by molar-refractivity contribution is 0.268. The first kappa shape index (κ1) is 10.7. The highest BCUT2D eigenvalue weighted by atomic mass is 16.5. The van der Waals surface area contributed by atoms with Gasteiger partial charge in [-0.1, -0.05) is 30.3 Å². The largest absolute Gasteiger partial charge is 0.486 e. The molecule has 0 aliphatic rings. The summed E-state index contributed by atoms with van der Waals surface area (Å²) in [5.74, 6) is 0.720. The number of aliphatic hydroxyl groups excluding tert-OH is 1. The highest BCUT2D eigenvalue weighted by Crippen LogP contribution is 2.10. The van der Waals surface area contributed by atoms with Gasteiger partial charge < -0.3 is 9.84 Å². The average Bonchev–Trinajstić information content (AvgIpc) is 2.76. The van der Waals surface area contributed by atoms with Gasteiger partial charge in [0, 0.05) is 0 Å². The first-order valence-corrected chi connectivity index (χ1v) is 5.18. The lowest BCUT2D eigenvalue weighted by Gasteiger charge is -2.02. The first-order valence-electron chi connectivity index (χ1n) is 5.18. The molecule has 0 spiro atoms. The summed E-state index contributed by atoms with van der Waals surface area (Å²) in [7, 11) is 0. The van der Waals surface area contributed by atoms with Gasteiger partial charge in [-0.25, -0.2) is 0 Å². The van der Waals surface area contributed by atoms with Crippen LogP contribution in [0.15, 0.2) is 42.7 Å². The van der Waals surface area contributed by atoms with Crippen molar-refractivity contribution < 1.29 is 9.84 Å². The minimum atomic E-state index is 0.0831. The Morgan fingerprint density at radius 1 is 1.25 bits per heavy atom. The molecule has 0 fully saturated rings. The monoisotopic (exact) mass is 218 g/mol. The Bertz CT molecular complexity index is 426. The molecule has 84 valence electrons. The highest BCUT2D eigenvalue weighted by molar-refractivity contribution is 5.16. The Hall–Kier alpha value is -1.81. The van der Waals surface area contributed by atoms with Crippen LogP contribution in [0.1, 0.15) is 5.56 Å². The van der Waals surface area contributed by atoms with Crippen LogP contribution in [0.25, 0.3) is 0 Å². The van der Waals surface area contributed by atoms with Gasteiger partial charge in [-0.2, -0.15) is 5.10 Å². The van der Waals surface area contributed by atoms with Crippen molar-refractivity contribution in [3.63, 3.8) is 0 Å². The minimum Gasteiger partial charge on any atom is -0.486 e. The van der Waals surface area contributed by atoms with Gasteiger partial charge in [-0.15, -0.1) is 0 Å². The molecule has 0 saturated heterocycles. The zero-order valence-corrected chi connectivity index (χ0v) is 8.91. The number of nitrogens with zero attached hydrogens (tertiary/aromatic N) is 2. The number of aromatic nitrogens is 2. The molecular weight excluding hydrogens is 204 g/mol. The third-order valence-electron chi connectivity index (χ3n) is 2.19. The average molecular weight is 218 g/mol. The van der Waals surface area contributed by atoms with E-state index in [0.29, 0.717) is 13.2 Å². The molecule has 0 bridgehead atoms. The predicted octanol–water partition coefficient (Wildman–Crippen LogP) is 1.45. The van der Waals surface area contributed by atoms with Gasteiger partial charge in [0.25, 0.3) is 0 Å². The van der Waals surface area contributed by atoms with Crippen LogP contribution in [-0.4, -0.2) is 21.5 Å². The molecule has 0 amide bonds. The molecule has 0 aliphatic heterocycles. The molecule has 1 heterocycles. The van der Waals surface area contributed by atoms with Crippen LogP contribution in [0.5, 0.6) is 5.75 Å². The van der Waals surface area contributed by atoms with Gasteiger partial charge in [0.2, 0.25) is 0 Å². The highest BCUT2D eigenvalue weighted by Gasteiger charge is 1.99. The second-order valence-electron chi connectivity index (χ2n) is 3.44. The van der Waals surface area contributed by atoms with Gasteiger partial charge in [0.1, 0.15) is 6.61 Å². The van der Waals surface area contributed by atoms with Crippen LogP contribution in [-0.2, 0) is 13.2 Å². The summed E-state index contributed by atoms with van der Waals surface area (Å²) in [6.07, 6.45) is 3.43. The third-order valence-corrected chi connectivity index (χ3v) is 2.19. The lowest BCUT2D eigenvalue weighted by atomic mass is 10.2. The normalized spacial score (nSPS) is 10.3. The van der Waals surface area contributed by atoms with E-state index in [1.807, 2.05) is 30.3 Å². The molecular formula is C12H14N2O2. The zero-order chi connectivity index (χ0) is 11.2. The van der Waals surface area contributed by atoms with E-state index in [9.17, 15) is 0 Å². The quantitative estimate of drug-likeness (QED) is 0.826. The molecule has 4 heteroatoms. The van der Waals surface area contributed by atoms with Gasteiger partial charge in [-0.05, 0) is 5.56 Å². The van der Waals surface area contributed by atoms with Crippen LogP contribution in [0.4, 0.5) is 0 Å². The summed E-state index contributed by atoms with van der Waals surface area (Å²) < 4.78 is 7.21. The molecule has 16 heavy (non-hydrogen) atoms. The number of rotatable bonds is 5. The topological polar surface area (TPSA) is 47.3 Å². The van der Waals surface area contributed by atoms with E-state index in [1.54, 1.807) is 17.1 Å². The van der Waals surface area contributed by atoms with Crippen LogP contribution in [0, 0.1) is 0 Å². The number of benzene rings is 1. The minimum absolute atomic E-state index is 0.0831. The fourth-order valence-electron chi connectivity index (χ4n) is 1.38. The summed E-state index contributed by atoms with van der Waals surface area (Å²) in [5, 5.41) is 12.8. The van der Waals surface area contributed by atoms with E-state index in [1.165, 1.54) is 0 Å². The maximum atomic E-state index is 8.74. The second-order valence-corrected chi connectivity index (χ2v) is 3.44. The summed E-state index contributed by atoms with van der Waals surface area (Å²) >= 11 is 0. The standard InChI is InChI=1S/C12H14N2O2/c15-7-6-14-9-12(8-13-14)16-10-11-4-2-1-3-5-11/h1-5,8-9,15H,6-7,10H2. The first-order chi connectivity index (χ1) is 7.88. The maximum absolute atomic E-state index is 8.74. The Morgan fingerprint density at radius 3 is 2.81 bits per heavy atom. The summed E-state index contributed by atoms with van der Waals surface area (Å²) in [5.41, 5.74) is 1.12. The van der Waals surface area contributed by atoms with Crippen molar-refractivity contribution in [3.05, 3.63) is 48.3 Å². The van der Waals surface area contributed by atoms with Gasteiger partial charge in [-0.3, -0.25) is 4.68 Å². The van der Waals surface area contributed by atoms with Crippen molar-refractivity contribution in [1.82, 2.24) is 9.78 Å². The van der Waals surface area contributed by atoms with Crippen molar-refractivity contribution >= 4 is 0 Å². The van der Waals surface area contributed by atoms with Crippen molar-refractivity contribution in [3.8, 4) is 5.75 Å². The fraction of sp³-hybridized carbons (Fsp3) is 0.250. The van der Waals surface area contributed by atoms with Crippen molar-refractivity contribution in [2.75, 3.05) is 6.61 Å². The predicted molar refractivity (Wildman–Crippen MR) is 60.1 cm³/mol. The second kappa shape index (κ2) is 5.32. The molecule has 1 aromatic carbocycles. The van der Waals surface area contributed by atoms with Crippen LogP contribution in [0.3, 0.4) is 0 Å². The van der Waals surface area contributed by atoms with E-state index in [4.69, 9.17) is 9.84 Å². The Kier molecular flexibility index (Phi) is 3.56. The Labute approximate surface area is 94.1 Å². The summed E-state index contributed by atoms with van der Waals surface area (Å²) in [6, 6.07) is 9.96. The fourth-order valence-corrected chi connectivity index (χ4v) is 1.38. The zero-order valence-electron chi connectivity index (χ0n) is 8.91. The Morgan fingerprint density at radius 2 is 2.06 bits per heavy atom. The van der Waals surface area contributed by atoms with E-state index in [0.717, 1.165) is 11.3 Å². The van der Waals surface area contributed by atoms with E-state index in [-0.39, 0.29) is 6.61 Å². The van der Waals surface area contributed by atoms with Gasteiger partial charge >= 0.3 is 0 Å². The van der Waals surface area contributed by atoms with Crippen LogP contribution < -0.4 is 4.74 Å². The lowest BCUT2D eigenvalue weighted by Crippen LogP contribution is -2.01. The number of hydrogen-bond donors (Lipinski definition) is 1. The molecule has 0 radical (unpaired) electrons. The third kappa shape index (κ3) is 2.84. The van der Waals surface area contributed by atoms with E-state index in [2.05, 4.69) is 5.10 Å². The summed E-state index contributed by atoms with van der Waals surface area (Å²) in [6.45, 7) is 1.11. The van der Waals surface area contributed by atoms with Crippen LogP contribution >= 0.6 is 0 Å². The van der Waals surface area contributed by atoms with E-state index >= 15 is 0 Å². The van der Waals surface area contributed by atoms with Crippen molar-refractivity contribution in [1.29, 1.82) is 0 Å². The molecule has 1 N–H and O–H groups in total. The molecule has 0 atom stereocenters.